The molecule has 2 rings (SSSR count). The number of halogens is 3. The van der Waals surface area contributed by atoms with Crippen molar-refractivity contribution in [3.05, 3.63) is 35.4 Å². The van der Waals surface area contributed by atoms with Gasteiger partial charge in [-0.15, -0.1) is 0 Å². The summed E-state index contributed by atoms with van der Waals surface area (Å²) in [6.45, 7) is 0.201. The SMILES string of the molecule is CN1C[C@@H](NC(=O)CCc2ccc(C#N)cc2)CC[C@H]1C(F)(F)F. The molecule has 7 heteroatoms. The van der Waals surface area contributed by atoms with Crippen LogP contribution < -0.4 is 5.32 Å². The summed E-state index contributed by atoms with van der Waals surface area (Å²) >= 11 is 0. The van der Waals surface area contributed by atoms with Crippen molar-refractivity contribution < 1.29 is 18.0 Å². The van der Waals surface area contributed by atoms with E-state index in [1.807, 2.05) is 6.07 Å². The van der Waals surface area contributed by atoms with E-state index >= 15 is 0 Å². The molecule has 1 fully saturated rings. The van der Waals surface area contributed by atoms with Gasteiger partial charge in [-0.1, -0.05) is 12.1 Å². The predicted octanol–water partition coefficient (Wildman–Crippen LogP) is 2.63. The minimum Gasteiger partial charge on any atom is -0.352 e. The van der Waals surface area contributed by atoms with Crippen molar-refractivity contribution in [2.75, 3.05) is 13.6 Å². The number of nitrogens with zero attached hydrogens (tertiary/aromatic N) is 2. The van der Waals surface area contributed by atoms with Gasteiger partial charge in [0, 0.05) is 19.0 Å². The van der Waals surface area contributed by atoms with Crippen LogP contribution in [-0.2, 0) is 11.2 Å². The van der Waals surface area contributed by atoms with Gasteiger partial charge in [-0.3, -0.25) is 9.69 Å². The van der Waals surface area contributed by atoms with Crippen LogP contribution in [0.25, 0.3) is 0 Å². The molecule has 1 amide bonds. The van der Waals surface area contributed by atoms with Crippen LogP contribution in [0.2, 0.25) is 0 Å². The van der Waals surface area contributed by atoms with Crippen molar-refractivity contribution in [3.63, 3.8) is 0 Å². The number of aryl methyl sites for hydroxylation is 1. The number of carbonyl (C=O) groups is 1. The number of alkyl halides is 3. The number of nitrogens with one attached hydrogen (secondary N) is 1. The molecule has 0 bridgehead atoms. The molecule has 130 valence electrons. The summed E-state index contributed by atoms with van der Waals surface area (Å²) in [5.41, 5.74) is 1.51. The van der Waals surface area contributed by atoms with Crippen molar-refractivity contribution in [2.24, 2.45) is 0 Å². The minimum atomic E-state index is -4.22. The molecule has 1 N–H and O–H groups in total. The monoisotopic (exact) mass is 339 g/mol. The van der Waals surface area contributed by atoms with E-state index in [1.54, 1.807) is 24.3 Å². The number of hydrogen-bond donors (Lipinski definition) is 1. The van der Waals surface area contributed by atoms with Crippen LogP contribution in [0.1, 0.15) is 30.4 Å². The fourth-order valence-electron chi connectivity index (χ4n) is 2.98. The van der Waals surface area contributed by atoms with Crippen molar-refractivity contribution >= 4 is 5.91 Å². The van der Waals surface area contributed by atoms with Crippen molar-refractivity contribution in [3.8, 4) is 6.07 Å². The number of likely N-dealkylation sites (tertiary alicyclic amines) is 1. The first-order valence-corrected chi connectivity index (χ1v) is 7.85. The van der Waals surface area contributed by atoms with Crippen LogP contribution in [0.4, 0.5) is 13.2 Å². The summed E-state index contributed by atoms with van der Waals surface area (Å²) < 4.78 is 38.4. The van der Waals surface area contributed by atoms with Crippen LogP contribution in [0.15, 0.2) is 24.3 Å². The summed E-state index contributed by atoms with van der Waals surface area (Å²) in [5.74, 6) is -0.164. The predicted molar refractivity (Wildman–Crippen MR) is 83.1 cm³/mol. The molecule has 1 heterocycles. The van der Waals surface area contributed by atoms with Gasteiger partial charge < -0.3 is 5.32 Å². The maximum atomic E-state index is 12.8. The molecule has 4 nitrogen and oxygen atoms in total. The Bertz CT molecular complexity index is 607. The Hall–Kier alpha value is -2.07. The van der Waals surface area contributed by atoms with E-state index in [4.69, 9.17) is 5.26 Å². The molecule has 1 aromatic rings. The van der Waals surface area contributed by atoms with E-state index in [2.05, 4.69) is 5.32 Å². The Balaban J connectivity index is 1.78. The molecule has 0 aliphatic carbocycles. The van der Waals surface area contributed by atoms with E-state index in [-0.39, 0.29) is 31.3 Å². The molecule has 1 aliphatic heterocycles. The first kappa shape index (κ1) is 18.3. The Labute approximate surface area is 139 Å². The number of hydrogen-bond acceptors (Lipinski definition) is 3. The maximum Gasteiger partial charge on any atom is 0.404 e. The van der Waals surface area contributed by atoms with Gasteiger partial charge in [-0.2, -0.15) is 18.4 Å². The summed E-state index contributed by atoms with van der Waals surface area (Å²) in [7, 11) is 1.44. The highest BCUT2D eigenvalue weighted by atomic mass is 19.4. The van der Waals surface area contributed by atoms with Crippen molar-refractivity contribution in [2.45, 2.75) is 43.9 Å². The standard InChI is InChI=1S/C17H20F3N3O/c1-23-11-14(7-8-15(23)17(18,19)20)22-16(24)9-6-12-2-4-13(10-21)5-3-12/h2-5,14-15H,6-9,11H2,1H3,(H,22,24)/t14-,15-/m0/s1. The number of carbonyl (C=O) groups excluding carboxylic acids is 1. The topological polar surface area (TPSA) is 56.1 Å². The highest BCUT2D eigenvalue weighted by Gasteiger charge is 2.44. The zero-order chi connectivity index (χ0) is 17.7. The van der Waals surface area contributed by atoms with E-state index in [9.17, 15) is 18.0 Å². The summed E-state index contributed by atoms with van der Waals surface area (Å²) in [6.07, 6.45) is -3.09. The molecule has 2 atom stereocenters. The molecule has 0 spiro atoms. The minimum absolute atomic E-state index is 0.000564. The lowest BCUT2D eigenvalue weighted by Gasteiger charge is -2.38. The molecule has 0 radical (unpaired) electrons. The fourth-order valence-corrected chi connectivity index (χ4v) is 2.98. The summed E-state index contributed by atoms with van der Waals surface area (Å²) in [6, 6.07) is 7.34. The Morgan fingerprint density at radius 3 is 2.54 bits per heavy atom. The van der Waals surface area contributed by atoms with Gasteiger partial charge in [-0.05, 0) is 44.0 Å². The third-order valence-electron chi connectivity index (χ3n) is 4.30. The second-order valence-electron chi connectivity index (χ2n) is 6.15. The lowest BCUT2D eigenvalue weighted by molar-refractivity contribution is -0.188. The Morgan fingerprint density at radius 2 is 2.00 bits per heavy atom. The average molecular weight is 339 g/mol. The highest BCUT2D eigenvalue weighted by Crippen LogP contribution is 2.30. The Morgan fingerprint density at radius 1 is 1.33 bits per heavy atom. The third-order valence-corrected chi connectivity index (χ3v) is 4.30. The molecular weight excluding hydrogens is 319 g/mol. The first-order chi connectivity index (χ1) is 11.3. The van der Waals surface area contributed by atoms with E-state index in [0.717, 1.165) is 5.56 Å². The van der Waals surface area contributed by atoms with Gasteiger partial charge in [0.15, 0.2) is 0 Å². The van der Waals surface area contributed by atoms with Gasteiger partial charge in [0.2, 0.25) is 5.91 Å². The summed E-state index contributed by atoms with van der Waals surface area (Å²) in [5, 5.41) is 11.5. The smallest absolute Gasteiger partial charge is 0.352 e. The number of nitriles is 1. The normalized spacial score (nSPS) is 22.0. The van der Waals surface area contributed by atoms with Gasteiger partial charge in [0.1, 0.15) is 6.04 Å². The maximum absolute atomic E-state index is 12.8. The van der Waals surface area contributed by atoms with Gasteiger partial charge in [-0.25, -0.2) is 0 Å². The van der Waals surface area contributed by atoms with Crippen LogP contribution in [-0.4, -0.2) is 42.7 Å². The molecule has 0 saturated carbocycles. The third kappa shape index (κ3) is 4.96. The Kier molecular flexibility index (Phi) is 5.84. The molecule has 1 saturated heterocycles. The zero-order valence-electron chi connectivity index (χ0n) is 13.4. The van der Waals surface area contributed by atoms with Crippen molar-refractivity contribution in [1.82, 2.24) is 10.2 Å². The number of amides is 1. The fraction of sp³-hybridized carbons (Fsp3) is 0.529. The lowest BCUT2D eigenvalue weighted by atomic mass is 9.98. The molecule has 1 aromatic carbocycles. The molecule has 1 aliphatic rings. The van der Waals surface area contributed by atoms with E-state index < -0.39 is 12.2 Å². The zero-order valence-corrected chi connectivity index (χ0v) is 13.4. The number of benzene rings is 1. The summed E-state index contributed by atoms with van der Waals surface area (Å²) in [4.78, 5) is 13.2. The lowest BCUT2D eigenvalue weighted by Crippen LogP contribution is -2.54. The molecule has 24 heavy (non-hydrogen) atoms. The molecule has 0 aromatic heterocycles. The number of likely N-dealkylation sites (N-methyl/N-ethyl adjacent to an activating group) is 1. The van der Waals surface area contributed by atoms with E-state index in [1.165, 1.54) is 11.9 Å². The highest BCUT2D eigenvalue weighted by molar-refractivity contribution is 5.76. The van der Waals surface area contributed by atoms with Crippen LogP contribution in [0.5, 0.6) is 0 Å². The largest absolute Gasteiger partial charge is 0.404 e. The molecule has 0 unspecified atom stereocenters. The van der Waals surface area contributed by atoms with Crippen LogP contribution >= 0.6 is 0 Å². The van der Waals surface area contributed by atoms with Crippen LogP contribution in [0, 0.1) is 11.3 Å². The number of rotatable bonds is 4. The number of piperidine rings is 1. The first-order valence-electron chi connectivity index (χ1n) is 7.85. The second kappa shape index (κ2) is 7.67. The van der Waals surface area contributed by atoms with E-state index in [0.29, 0.717) is 18.4 Å². The second-order valence-corrected chi connectivity index (χ2v) is 6.15. The van der Waals surface area contributed by atoms with Gasteiger partial charge in [0.05, 0.1) is 11.6 Å². The van der Waals surface area contributed by atoms with Crippen molar-refractivity contribution in [1.29, 1.82) is 5.26 Å². The van der Waals surface area contributed by atoms with Gasteiger partial charge in [0.25, 0.3) is 0 Å². The van der Waals surface area contributed by atoms with Crippen LogP contribution in [0.3, 0.4) is 0 Å². The average Bonchev–Trinajstić information content (AvgIpc) is 2.52. The molecular formula is C17H20F3N3O. The quantitative estimate of drug-likeness (QED) is 0.917. The van der Waals surface area contributed by atoms with Gasteiger partial charge >= 0.3 is 6.18 Å².